The molecule has 0 amide bonds. The van der Waals surface area contributed by atoms with Gasteiger partial charge in [0.15, 0.2) is 6.10 Å². The first kappa shape index (κ1) is 64.6. The summed E-state index contributed by atoms with van der Waals surface area (Å²) in [7, 11) is 0. The first-order chi connectivity index (χ1) is 33.5. The summed E-state index contributed by atoms with van der Waals surface area (Å²) in [5.74, 6) is -0.911. The number of carbonyl (C=O) groups excluding carboxylic acids is 3. The third-order valence-corrected chi connectivity index (χ3v) is 12.1. The fraction of sp³-hybridized carbons (Fsp3) is 0.726. The first-order valence-electron chi connectivity index (χ1n) is 28.6. The number of carbonyl (C=O) groups is 3. The second kappa shape index (κ2) is 56.2. The number of hydrogen-bond acceptors (Lipinski definition) is 6. The van der Waals surface area contributed by atoms with Crippen molar-refractivity contribution in [2.75, 3.05) is 13.2 Å². The molecule has 6 heteroatoms. The molecular formula is C62H106O6. The van der Waals surface area contributed by atoms with Gasteiger partial charge < -0.3 is 14.2 Å². The van der Waals surface area contributed by atoms with Crippen LogP contribution in [0.2, 0.25) is 0 Å². The van der Waals surface area contributed by atoms with E-state index in [1.807, 2.05) is 0 Å². The predicted molar refractivity (Wildman–Crippen MR) is 293 cm³/mol. The molecular weight excluding hydrogens is 841 g/mol. The SMILES string of the molecule is CC/C=C\C/C=C\C/C=C\CCCCCCCCC(=O)OCC(COC(=O)CCCCCCCCC/C=C\C/C=C\CCCCC)OC(=O)CCCCCCCCC/C=C\C/C=C\CCCCC. The first-order valence-corrected chi connectivity index (χ1v) is 28.6. The minimum absolute atomic E-state index is 0.0883. The molecule has 0 spiro atoms. The largest absolute Gasteiger partial charge is 0.462 e. The van der Waals surface area contributed by atoms with Crippen molar-refractivity contribution in [1.82, 2.24) is 0 Å². The number of rotatable bonds is 51. The van der Waals surface area contributed by atoms with Crippen molar-refractivity contribution in [1.29, 1.82) is 0 Å². The van der Waals surface area contributed by atoms with Gasteiger partial charge >= 0.3 is 17.9 Å². The van der Waals surface area contributed by atoms with Gasteiger partial charge in [-0.3, -0.25) is 14.4 Å². The van der Waals surface area contributed by atoms with Gasteiger partial charge in [-0.1, -0.05) is 221 Å². The molecule has 0 saturated carbocycles. The van der Waals surface area contributed by atoms with Gasteiger partial charge in [0.1, 0.15) is 13.2 Å². The summed E-state index contributed by atoms with van der Waals surface area (Å²) in [6.45, 7) is 6.47. The molecule has 390 valence electrons. The molecule has 0 rings (SSSR count). The molecule has 0 fully saturated rings. The molecule has 1 atom stereocenters. The lowest BCUT2D eigenvalue weighted by Gasteiger charge is -2.18. The molecule has 0 aromatic carbocycles. The van der Waals surface area contributed by atoms with Crippen LogP contribution in [0.1, 0.15) is 271 Å². The van der Waals surface area contributed by atoms with Crippen LogP contribution in [0.3, 0.4) is 0 Å². The highest BCUT2D eigenvalue weighted by Gasteiger charge is 2.19. The second-order valence-electron chi connectivity index (χ2n) is 18.8. The Morgan fingerprint density at radius 1 is 0.309 bits per heavy atom. The second-order valence-corrected chi connectivity index (χ2v) is 18.8. The van der Waals surface area contributed by atoms with E-state index in [2.05, 4.69) is 106 Å². The van der Waals surface area contributed by atoms with Crippen molar-refractivity contribution < 1.29 is 28.6 Å². The summed E-state index contributed by atoms with van der Waals surface area (Å²) in [4.78, 5) is 38.2. The van der Waals surface area contributed by atoms with E-state index in [0.29, 0.717) is 19.3 Å². The van der Waals surface area contributed by atoms with Gasteiger partial charge in [-0.25, -0.2) is 0 Å². The average Bonchev–Trinajstić information content (AvgIpc) is 3.34. The summed E-state index contributed by atoms with van der Waals surface area (Å²) in [5.41, 5.74) is 0. The van der Waals surface area contributed by atoms with E-state index in [9.17, 15) is 14.4 Å². The number of esters is 3. The third kappa shape index (κ3) is 53.5. The Kier molecular flexibility index (Phi) is 53.4. The van der Waals surface area contributed by atoms with Crippen LogP contribution < -0.4 is 0 Å². The van der Waals surface area contributed by atoms with Crippen molar-refractivity contribution in [2.24, 2.45) is 0 Å². The van der Waals surface area contributed by atoms with E-state index < -0.39 is 6.10 Å². The molecule has 0 saturated heterocycles. The lowest BCUT2D eigenvalue weighted by atomic mass is 10.1. The van der Waals surface area contributed by atoms with E-state index in [4.69, 9.17) is 14.2 Å². The van der Waals surface area contributed by atoms with Crippen molar-refractivity contribution in [3.8, 4) is 0 Å². The minimum Gasteiger partial charge on any atom is -0.462 e. The molecule has 0 N–H and O–H groups in total. The van der Waals surface area contributed by atoms with Gasteiger partial charge in [-0.05, 0) is 116 Å². The van der Waals surface area contributed by atoms with E-state index in [1.54, 1.807) is 0 Å². The fourth-order valence-corrected chi connectivity index (χ4v) is 7.81. The van der Waals surface area contributed by atoms with Crippen molar-refractivity contribution in [3.63, 3.8) is 0 Å². The number of unbranched alkanes of at least 4 members (excludes halogenated alkanes) is 26. The van der Waals surface area contributed by atoms with Gasteiger partial charge in [0, 0.05) is 19.3 Å². The normalized spacial score (nSPS) is 12.7. The topological polar surface area (TPSA) is 78.9 Å². The molecule has 68 heavy (non-hydrogen) atoms. The molecule has 0 aromatic rings. The van der Waals surface area contributed by atoms with Crippen LogP contribution in [0, 0.1) is 0 Å². The summed E-state index contributed by atoms with van der Waals surface area (Å²) < 4.78 is 16.9. The summed E-state index contributed by atoms with van der Waals surface area (Å²) in [6, 6.07) is 0. The Bertz CT molecular complexity index is 1320. The molecule has 6 nitrogen and oxygen atoms in total. The predicted octanol–water partition coefficient (Wildman–Crippen LogP) is 19.2. The van der Waals surface area contributed by atoms with Crippen molar-refractivity contribution >= 4 is 17.9 Å². The molecule has 0 aromatic heterocycles. The van der Waals surface area contributed by atoms with Crippen LogP contribution in [-0.2, 0) is 28.6 Å². The highest BCUT2D eigenvalue weighted by Crippen LogP contribution is 2.15. The zero-order valence-corrected chi connectivity index (χ0v) is 44.6. The molecule has 0 aliphatic heterocycles. The average molecular weight is 948 g/mol. The van der Waals surface area contributed by atoms with Crippen molar-refractivity contribution in [2.45, 2.75) is 277 Å². The Hall–Kier alpha value is -3.41. The maximum absolute atomic E-state index is 12.9. The lowest BCUT2D eigenvalue weighted by molar-refractivity contribution is -0.167. The monoisotopic (exact) mass is 947 g/mol. The van der Waals surface area contributed by atoms with Crippen LogP contribution in [0.15, 0.2) is 85.1 Å². The van der Waals surface area contributed by atoms with Gasteiger partial charge in [0.05, 0.1) is 0 Å². The van der Waals surface area contributed by atoms with E-state index >= 15 is 0 Å². The number of hydrogen-bond donors (Lipinski definition) is 0. The van der Waals surface area contributed by atoms with Crippen LogP contribution >= 0.6 is 0 Å². The Morgan fingerprint density at radius 2 is 0.574 bits per heavy atom. The standard InChI is InChI=1S/C62H106O6/c1-4-7-10-13-16-19-22-25-28-31-34-37-40-43-46-49-52-55-61(64)67-58-59(57-66-60(63)54-51-48-45-42-39-36-33-30-27-24-21-18-15-12-9-6-3)68-62(65)56-53-50-47-44-41-38-35-32-29-26-23-20-17-14-11-8-5-2/h9,12,16-21,25-30,59H,4-8,10-11,13-15,22-24,31-58H2,1-3H3/b12-9-,19-16-,20-17-,21-18-,28-25-,29-26-,30-27-. The maximum Gasteiger partial charge on any atom is 0.306 e. The molecule has 1 unspecified atom stereocenters. The molecule has 0 aliphatic carbocycles. The number of allylic oxidation sites excluding steroid dienone is 14. The summed E-state index contributed by atoms with van der Waals surface area (Å²) in [5, 5.41) is 0. The minimum atomic E-state index is -0.791. The smallest absolute Gasteiger partial charge is 0.306 e. The van der Waals surface area contributed by atoms with E-state index in [0.717, 1.165) is 109 Å². The van der Waals surface area contributed by atoms with Crippen LogP contribution in [-0.4, -0.2) is 37.2 Å². The highest BCUT2D eigenvalue weighted by molar-refractivity contribution is 5.71. The van der Waals surface area contributed by atoms with Gasteiger partial charge in [0.2, 0.25) is 0 Å². The van der Waals surface area contributed by atoms with Crippen LogP contribution in [0.5, 0.6) is 0 Å². The molecule has 0 bridgehead atoms. The molecule has 0 heterocycles. The molecule has 0 radical (unpaired) electrons. The van der Waals surface area contributed by atoms with Crippen molar-refractivity contribution in [3.05, 3.63) is 85.1 Å². The van der Waals surface area contributed by atoms with Gasteiger partial charge in [-0.15, -0.1) is 0 Å². The summed E-state index contributed by atoms with van der Waals surface area (Å²) >= 11 is 0. The highest BCUT2D eigenvalue weighted by atomic mass is 16.6. The van der Waals surface area contributed by atoms with E-state index in [1.165, 1.54) is 122 Å². The Morgan fingerprint density at radius 3 is 0.897 bits per heavy atom. The quantitative estimate of drug-likeness (QED) is 0.0262. The summed E-state index contributed by atoms with van der Waals surface area (Å²) in [6.07, 6.45) is 72.7. The van der Waals surface area contributed by atoms with Gasteiger partial charge in [0.25, 0.3) is 0 Å². The van der Waals surface area contributed by atoms with Crippen LogP contribution in [0.25, 0.3) is 0 Å². The Balaban J connectivity index is 4.43. The van der Waals surface area contributed by atoms with Gasteiger partial charge in [-0.2, -0.15) is 0 Å². The maximum atomic E-state index is 12.9. The zero-order chi connectivity index (χ0) is 49.3. The number of ether oxygens (including phenoxy) is 3. The zero-order valence-electron chi connectivity index (χ0n) is 44.6. The lowest BCUT2D eigenvalue weighted by Crippen LogP contribution is -2.30. The third-order valence-electron chi connectivity index (χ3n) is 12.1. The van der Waals surface area contributed by atoms with Crippen LogP contribution in [0.4, 0.5) is 0 Å². The van der Waals surface area contributed by atoms with E-state index in [-0.39, 0.29) is 31.1 Å². The fourth-order valence-electron chi connectivity index (χ4n) is 7.81. The Labute approximate surface area is 420 Å². The molecule has 0 aliphatic rings.